The van der Waals surface area contributed by atoms with Gasteiger partial charge in [0.15, 0.2) is 0 Å². The van der Waals surface area contributed by atoms with Crippen LogP contribution in [0, 0.1) is 0 Å². The highest BCUT2D eigenvalue weighted by molar-refractivity contribution is 6.09. The molecule has 0 aromatic carbocycles. The molecule has 0 amide bonds. The van der Waals surface area contributed by atoms with Crippen LogP contribution in [0.15, 0.2) is 72.5 Å². The summed E-state index contributed by atoms with van der Waals surface area (Å²) in [6.45, 7) is 5.74. The van der Waals surface area contributed by atoms with Gasteiger partial charge in [0.25, 0.3) is 0 Å². The number of hydrogen-bond acceptors (Lipinski definition) is 3. The minimum atomic E-state index is 0.736. The van der Waals surface area contributed by atoms with E-state index in [4.69, 9.17) is 0 Å². The van der Waals surface area contributed by atoms with Crippen molar-refractivity contribution in [2.45, 2.75) is 6.92 Å². The van der Waals surface area contributed by atoms with Crippen LogP contribution < -0.4 is 0 Å². The van der Waals surface area contributed by atoms with Crippen LogP contribution >= 0.6 is 0 Å². The summed E-state index contributed by atoms with van der Waals surface area (Å²) in [5.41, 5.74) is 3.17. The Labute approximate surface area is 113 Å². The van der Waals surface area contributed by atoms with Gasteiger partial charge in [-0.2, -0.15) is 0 Å². The Morgan fingerprint density at radius 1 is 1.05 bits per heavy atom. The molecule has 0 N–H and O–H groups in total. The van der Waals surface area contributed by atoms with E-state index in [2.05, 4.69) is 21.5 Å². The highest BCUT2D eigenvalue weighted by Gasteiger charge is 2.04. The van der Waals surface area contributed by atoms with Crippen molar-refractivity contribution in [1.82, 2.24) is 9.97 Å². The molecule has 2 rings (SSSR count). The summed E-state index contributed by atoms with van der Waals surface area (Å²) < 4.78 is 0. The van der Waals surface area contributed by atoms with Crippen LogP contribution in [0.1, 0.15) is 18.3 Å². The molecule has 3 heteroatoms. The first-order valence-electron chi connectivity index (χ1n) is 6.05. The molecule has 0 aliphatic rings. The highest BCUT2D eigenvalue weighted by atomic mass is 14.8. The average molecular weight is 249 g/mol. The Balaban J connectivity index is 2.40. The lowest BCUT2D eigenvalue weighted by Gasteiger charge is -2.04. The first-order chi connectivity index (χ1) is 9.35. The second-order valence-electron chi connectivity index (χ2n) is 3.81. The third kappa shape index (κ3) is 3.22. The van der Waals surface area contributed by atoms with Gasteiger partial charge in [-0.25, -0.2) is 4.99 Å². The van der Waals surface area contributed by atoms with Crippen LogP contribution in [0.4, 0.5) is 0 Å². The van der Waals surface area contributed by atoms with Gasteiger partial charge < -0.3 is 0 Å². The highest BCUT2D eigenvalue weighted by Crippen LogP contribution is 2.14. The van der Waals surface area contributed by atoms with Gasteiger partial charge in [0.05, 0.1) is 22.8 Å². The Hall–Kier alpha value is -2.55. The van der Waals surface area contributed by atoms with E-state index < -0.39 is 0 Å². The minimum absolute atomic E-state index is 0.736. The van der Waals surface area contributed by atoms with Crippen LogP contribution in [0.5, 0.6) is 0 Å². The van der Waals surface area contributed by atoms with Crippen molar-refractivity contribution in [2.24, 2.45) is 4.99 Å². The summed E-state index contributed by atoms with van der Waals surface area (Å²) in [6.07, 6.45) is 7.12. The largest absolute Gasteiger partial charge is 0.255 e. The van der Waals surface area contributed by atoms with Crippen LogP contribution in [-0.2, 0) is 0 Å². The molecular formula is C16H15N3. The van der Waals surface area contributed by atoms with Crippen LogP contribution in [0.25, 0.3) is 5.70 Å². The van der Waals surface area contributed by atoms with E-state index in [1.807, 2.05) is 49.4 Å². The molecule has 2 aromatic rings. The molecule has 3 nitrogen and oxygen atoms in total. The van der Waals surface area contributed by atoms with E-state index >= 15 is 0 Å². The summed E-state index contributed by atoms with van der Waals surface area (Å²) >= 11 is 0. The molecule has 0 unspecified atom stereocenters. The van der Waals surface area contributed by atoms with Crippen LogP contribution in [0.3, 0.4) is 0 Å². The van der Waals surface area contributed by atoms with Gasteiger partial charge in [-0.05, 0) is 37.3 Å². The Morgan fingerprint density at radius 2 is 1.68 bits per heavy atom. The monoisotopic (exact) mass is 249 g/mol. The Kier molecular flexibility index (Phi) is 4.34. The molecule has 0 atom stereocenters. The van der Waals surface area contributed by atoms with Crippen molar-refractivity contribution >= 4 is 11.4 Å². The molecular weight excluding hydrogens is 234 g/mol. The molecule has 94 valence electrons. The van der Waals surface area contributed by atoms with Gasteiger partial charge in [0.1, 0.15) is 0 Å². The number of nitrogens with zero attached hydrogens (tertiary/aromatic N) is 3. The number of aliphatic imine (C=N–C) groups is 1. The molecule has 0 radical (unpaired) electrons. The van der Waals surface area contributed by atoms with Gasteiger partial charge in [-0.3, -0.25) is 9.97 Å². The molecule has 0 fully saturated rings. The summed E-state index contributed by atoms with van der Waals surface area (Å²) in [6, 6.07) is 11.5. The molecule has 2 aromatic heterocycles. The average Bonchev–Trinajstić information content (AvgIpc) is 2.50. The third-order valence-electron chi connectivity index (χ3n) is 2.56. The summed E-state index contributed by atoms with van der Waals surface area (Å²) in [7, 11) is 0. The third-order valence-corrected chi connectivity index (χ3v) is 2.56. The molecule has 0 aliphatic heterocycles. The maximum absolute atomic E-state index is 4.59. The van der Waals surface area contributed by atoms with Crippen molar-refractivity contribution in [2.75, 3.05) is 0 Å². The number of rotatable bonds is 4. The maximum Gasteiger partial charge on any atom is 0.0888 e. The number of allylic oxidation sites excluding steroid dienone is 2. The second kappa shape index (κ2) is 6.40. The molecule has 0 bridgehead atoms. The fourth-order valence-electron chi connectivity index (χ4n) is 1.64. The van der Waals surface area contributed by atoms with Gasteiger partial charge in [0.2, 0.25) is 0 Å². The van der Waals surface area contributed by atoms with Crippen molar-refractivity contribution < 1.29 is 0 Å². The smallest absolute Gasteiger partial charge is 0.0888 e. The van der Waals surface area contributed by atoms with Crippen LogP contribution in [-0.4, -0.2) is 15.7 Å². The normalized spacial score (nSPS) is 12.3. The Bertz CT molecular complexity index is 598. The summed E-state index contributed by atoms with van der Waals surface area (Å²) in [5.74, 6) is 0. The fraction of sp³-hybridized carbons (Fsp3) is 0.0625. The van der Waals surface area contributed by atoms with E-state index in [0.717, 1.165) is 22.8 Å². The molecule has 0 aliphatic carbocycles. The standard InChI is InChI=1S/C16H15N3/c1-3-13(15-9-5-7-11-17-15)19-14(4-2)16-10-6-8-12-18-16/h3-12H,1H2,2H3/b14-4-,19-13?. The van der Waals surface area contributed by atoms with E-state index in [-0.39, 0.29) is 0 Å². The first-order valence-corrected chi connectivity index (χ1v) is 6.05. The zero-order valence-electron chi connectivity index (χ0n) is 10.8. The summed E-state index contributed by atoms with van der Waals surface area (Å²) in [4.78, 5) is 13.2. The van der Waals surface area contributed by atoms with Gasteiger partial charge in [0, 0.05) is 12.4 Å². The predicted molar refractivity (Wildman–Crippen MR) is 78.9 cm³/mol. The fourth-order valence-corrected chi connectivity index (χ4v) is 1.64. The molecule has 2 heterocycles. The molecule has 19 heavy (non-hydrogen) atoms. The van der Waals surface area contributed by atoms with Gasteiger partial charge in [-0.1, -0.05) is 24.8 Å². The number of aromatic nitrogens is 2. The molecule has 0 saturated carbocycles. The maximum atomic E-state index is 4.59. The quantitative estimate of drug-likeness (QED) is 0.778. The van der Waals surface area contributed by atoms with E-state index in [1.165, 1.54) is 0 Å². The molecule has 0 saturated heterocycles. The topological polar surface area (TPSA) is 38.1 Å². The minimum Gasteiger partial charge on any atom is -0.255 e. The lowest BCUT2D eigenvalue weighted by molar-refractivity contribution is 1.24. The van der Waals surface area contributed by atoms with E-state index in [0.29, 0.717) is 0 Å². The zero-order valence-corrected chi connectivity index (χ0v) is 10.8. The first kappa shape index (κ1) is 12.9. The predicted octanol–water partition coefficient (Wildman–Crippen LogP) is 3.51. The van der Waals surface area contributed by atoms with Crippen molar-refractivity contribution in [1.29, 1.82) is 0 Å². The zero-order chi connectivity index (χ0) is 13.5. The second-order valence-corrected chi connectivity index (χ2v) is 3.81. The number of pyridine rings is 2. The van der Waals surface area contributed by atoms with Crippen molar-refractivity contribution in [3.8, 4) is 0 Å². The SMILES string of the molecule is C=CC(=N/C(=C\C)c1ccccn1)c1ccccn1. The van der Waals surface area contributed by atoms with Crippen LogP contribution in [0.2, 0.25) is 0 Å². The number of hydrogen-bond donors (Lipinski definition) is 0. The van der Waals surface area contributed by atoms with Crippen molar-refractivity contribution in [3.63, 3.8) is 0 Å². The van der Waals surface area contributed by atoms with Gasteiger partial charge in [-0.15, -0.1) is 0 Å². The van der Waals surface area contributed by atoms with Gasteiger partial charge >= 0.3 is 0 Å². The lowest BCUT2D eigenvalue weighted by atomic mass is 10.2. The summed E-state index contributed by atoms with van der Waals surface area (Å²) in [5, 5.41) is 0. The van der Waals surface area contributed by atoms with E-state index in [1.54, 1.807) is 18.5 Å². The van der Waals surface area contributed by atoms with Crippen molar-refractivity contribution in [3.05, 3.63) is 78.9 Å². The Morgan fingerprint density at radius 3 is 2.16 bits per heavy atom. The molecule has 0 spiro atoms. The lowest BCUT2D eigenvalue weighted by Crippen LogP contribution is -2.00. The van der Waals surface area contributed by atoms with E-state index in [9.17, 15) is 0 Å².